The molecule has 112 valence electrons. The molecule has 0 unspecified atom stereocenters. The van der Waals surface area contributed by atoms with Crippen molar-refractivity contribution >= 4 is 23.1 Å². The van der Waals surface area contributed by atoms with Crippen molar-refractivity contribution in [2.75, 3.05) is 19.0 Å². The van der Waals surface area contributed by atoms with E-state index in [9.17, 15) is 4.79 Å². The van der Waals surface area contributed by atoms with Crippen LogP contribution < -0.4 is 4.90 Å². The van der Waals surface area contributed by atoms with E-state index in [1.165, 1.54) is 0 Å². The van der Waals surface area contributed by atoms with Gasteiger partial charge in [-0.25, -0.2) is 0 Å². The van der Waals surface area contributed by atoms with Crippen molar-refractivity contribution in [3.8, 4) is 0 Å². The Morgan fingerprint density at radius 3 is 2.71 bits per heavy atom. The van der Waals surface area contributed by atoms with E-state index in [0.717, 1.165) is 17.1 Å². The number of carbonyl (C=O) groups excluding carboxylic acids is 1. The highest BCUT2D eigenvalue weighted by Crippen LogP contribution is 2.23. The second-order valence-corrected chi connectivity index (χ2v) is 5.58. The van der Waals surface area contributed by atoms with Gasteiger partial charge in [0.2, 0.25) is 0 Å². The normalized spacial score (nSPS) is 10.7. The molecule has 0 aliphatic heterocycles. The third-order valence-corrected chi connectivity index (χ3v) is 3.96. The molecule has 0 bridgehead atoms. The SMILES string of the molecule is CCn1nc(C)c(Cl)c1CC(=O)c1cccc(N(C)C)c1. The molecule has 4 nitrogen and oxygen atoms in total. The number of ketones is 1. The van der Waals surface area contributed by atoms with Crippen molar-refractivity contribution in [2.45, 2.75) is 26.8 Å². The molecule has 0 radical (unpaired) electrons. The van der Waals surface area contributed by atoms with E-state index in [-0.39, 0.29) is 12.2 Å². The molecule has 1 aromatic carbocycles. The van der Waals surface area contributed by atoms with E-state index >= 15 is 0 Å². The zero-order valence-electron chi connectivity index (χ0n) is 12.9. The number of anilines is 1. The number of rotatable bonds is 5. The van der Waals surface area contributed by atoms with Crippen LogP contribution in [0.4, 0.5) is 5.69 Å². The minimum absolute atomic E-state index is 0.0511. The summed E-state index contributed by atoms with van der Waals surface area (Å²) in [5.41, 5.74) is 3.26. The predicted octanol–water partition coefficient (Wildman–Crippen LogP) is 3.36. The summed E-state index contributed by atoms with van der Waals surface area (Å²) in [6, 6.07) is 7.61. The smallest absolute Gasteiger partial charge is 0.168 e. The van der Waals surface area contributed by atoms with Crippen molar-refractivity contribution in [1.82, 2.24) is 9.78 Å². The molecule has 0 amide bonds. The van der Waals surface area contributed by atoms with Gasteiger partial charge < -0.3 is 4.90 Å². The van der Waals surface area contributed by atoms with E-state index < -0.39 is 0 Å². The van der Waals surface area contributed by atoms with Gasteiger partial charge in [0.05, 0.1) is 22.8 Å². The summed E-state index contributed by atoms with van der Waals surface area (Å²) in [5, 5.41) is 4.94. The molecule has 1 aromatic heterocycles. The van der Waals surface area contributed by atoms with Gasteiger partial charge in [0.1, 0.15) is 0 Å². The fraction of sp³-hybridized carbons (Fsp3) is 0.375. The summed E-state index contributed by atoms with van der Waals surface area (Å²) >= 11 is 6.26. The standard InChI is InChI=1S/C16H20ClN3O/c1-5-20-14(16(17)11(2)18-20)10-15(21)12-7-6-8-13(9-12)19(3)4/h6-9H,5,10H2,1-4H3. The van der Waals surface area contributed by atoms with Crippen molar-refractivity contribution in [3.05, 3.63) is 46.2 Å². The maximum atomic E-state index is 12.5. The summed E-state index contributed by atoms with van der Waals surface area (Å²) in [4.78, 5) is 14.5. The van der Waals surface area contributed by atoms with Crippen LogP contribution >= 0.6 is 11.6 Å². The highest BCUT2D eigenvalue weighted by atomic mass is 35.5. The van der Waals surface area contributed by atoms with Crippen LogP contribution in [0, 0.1) is 6.92 Å². The number of benzene rings is 1. The Hall–Kier alpha value is -1.81. The summed E-state index contributed by atoms with van der Waals surface area (Å²) in [6.45, 7) is 4.55. The molecular weight excluding hydrogens is 286 g/mol. The van der Waals surface area contributed by atoms with Gasteiger partial charge in [0, 0.05) is 31.9 Å². The first-order valence-electron chi connectivity index (χ1n) is 6.96. The summed E-state index contributed by atoms with van der Waals surface area (Å²) in [7, 11) is 3.91. The first-order chi connectivity index (χ1) is 9.93. The number of Topliss-reactive ketones (excluding diaryl/α,β-unsaturated/α-hetero) is 1. The third kappa shape index (κ3) is 3.27. The summed E-state index contributed by atoms with van der Waals surface area (Å²) in [6.07, 6.45) is 0.268. The lowest BCUT2D eigenvalue weighted by atomic mass is 10.1. The van der Waals surface area contributed by atoms with Gasteiger partial charge in [-0.05, 0) is 26.0 Å². The van der Waals surface area contributed by atoms with Gasteiger partial charge in [-0.15, -0.1) is 0 Å². The fourth-order valence-corrected chi connectivity index (χ4v) is 2.45. The largest absolute Gasteiger partial charge is 0.378 e. The number of halogens is 1. The number of carbonyl (C=O) groups is 1. The van der Waals surface area contributed by atoms with E-state index in [0.29, 0.717) is 17.1 Å². The molecule has 0 saturated carbocycles. The quantitative estimate of drug-likeness (QED) is 0.795. The highest BCUT2D eigenvalue weighted by molar-refractivity contribution is 6.32. The Kier molecular flexibility index (Phi) is 4.68. The number of aryl methyl sites for hydroxylation is 2. The molecule has 0 saturated heterocycles. The molecule has 21 heavy (non-hydrogen) atoms. The minimum atomic E-state index is 0.0511. The predicted molar refractivity (Wildman–Crippen MR) is 86.5 cm³/mol. The number of hydrogen-bond donors (Lipinski definition) is 0. The molecule has 0 atom stereocenters. The molecule has 1 heterocycles. The highest BCUT2D eigenvalue weighted by Gasteiger charge is 2.17. The maximum absolute atomic E-state index is 12.5. The Balaban J connectivity index is 2.28. The van der Waals surface area contributed by atoms with Crippen molar-refractivity contribution < 1.29 is 4.79 Å². The van der Waals surface area contributed by atoms with Crippen LogP contribution in [0.3, 0.4) is 0 Å². The van der Waals surface area contributed by atoms with Crippen molar-refractivity contribution in [3.63, 3.8) is 0 Å². The molecule has 2 rings (SSSR count). The number of hydrogen-bond acceptors (Lipinski definition) is 3. The average molecular weight is 306 g/mol. The first-order valence-corrected chi connectivity index (χ1v) is 7.34. The average Bonchev–Trinajstić information content (AvgIpc) is 2.75. The van der Waals surface area contributed by atoms with Crippen molar-refractivity contribution in [1.29, 1.82) is 0 Å². The van der Waals surface area contributed by atoms with Gasteiger partial charge in [0.15, 0.2) is 5.78 Å². The Morgan fingerprint density at radius 1 is 1.38 bits per heavy atom. The minimum Gasteiger partial charge on any atom is -0.378 e. The van der Waals surface area contributed by atoms with Gasteiger partial charge in [-0.1, -0.05) is 23.7 Å². The zero-order chi connectivity index (χ0) is 15.6. The zero-order valence-corrected chi connectivity index (χ0v) is 13.6. The van der Waals surface area contributed by atoms with Crippen LogP contribution in [0.1, 0.15) is 28.7 Å². The van der Waals surface area contributed by atoms with E-state index in [4.69, 9.17) is 11.6 Å². The van der Waals surface area contributed by atoms with Gasteiger partial charge in [-0.2, -0.15) is 5.10 Å². The number of nitrogens with zero attached hydrogens (tertiary/aromatic N) is 3. The van der Waals surface area contributed by atoms with E-state index in [1.807, 2.05) is 57.1 Å². The second kappa shape index (κ2) is 6.31. The lowest BCUT2D eigenvalue weighted by Gasteiger charge is -2.13. The third-order valence-electron chi connectivity index (χ3n) is 3.47. The topological polar surface area (TPSA) is 38.1 Å². The number of aromatic nitrogens is 2. The second-order valence-electron chi connectivity index (χ2n) is 5.21. The van der Waals surface area contributed by atoms with Crippen LogP contribution in [0.2, 0.25) is 5.02 Å². The Labute approximate surface area is 130 Å². The molecule has 5 heteroatoms. The maximum Gasteiger partial charge on any atom is 0.168 e. The molecular formula is C16H20ClN3O. The van der Waals surface area contributed by atoms with Crippen LogP contribution in [0.15, 0.2) is 24.3 Å². The molecule has 0 fully saturated rings. The van der Waals surface area contributed by atoms with Crippen LogP contribution in [-0.2, 0) is 13.0 Å². The Morgan fingerprint density at radius 2 is 2.10 bits per heavy atom. The molecule has 0 N–H and O–H groups in total. The Bertz CT molecular complexity index is 662. The van der Waals surface area contributed by atoms with Crippen LogP contribution in [0.5, 0.6) is 0 Å². The van der Waals surface area contributed by atoms with Crippen LogP contribution in [0.25, 0.3) is 0 Å². The lowest BCUT2D eigenvalue weighted by Crippen LogP contribution is -2.12. The molecule has 0 aliphatic rings. The monoisotopic (exact) mass is 305 g/mol. The van der Waals surface area contributed by atoms with E-state index in [1.54, 1.807) is 4.68 Å². The summed E-state index contributed by atoms with van der Waals surface area (Å²) in [5.74, 6) is 0.0511. The van der Waals surface area contributed by atoms with Gasteiger partial charge >= 0.3 is 0 Å². The molecule has 0 spiro atoms. The lowest BCUT2D eigenvalue weighted by molar-refractivity contribution is 0.0990. The molecule has 2 aromatic rings. The first kappa shape index (κ1) is 15.6. The fourth-order valence-electron chi connectivity index (χ4n) is 2.25. The summed E-state index contributed by atoms with van der Waals surface area (Å²) < 4.78 is 1.80. The van der Waals surface area contributed by atoms with Crippen molar-refractivity contribution in [2.24, 2.45) is 0 Å². The van der Waals surface area contributed by atoms with Crippen LogP contribution in [-0.4, -0.2) is 29.7 Å². The van der Waals surface area contributed by atoms with Gasteiger partial charge in [-0.3, -0.25) is 9.48 Å². The van der Waals surface area contributed by atoms with E-state index in [2.05, 4.69) is 5.10 Å². The van der Waals surface area contributed by atoms with Gasteiger partial charge in [0.25, 0.3) is 0 Å². The molecule has 0 aliphatic carbocycles.